The second-order valence-corrected chi connectivity index (χ2v) is 5.74. The molecule has 25 heavy (non-hydrogen) atoms. The van der Waals surface area contributed by atoms with Gasteiger partial charge in [0, 0.05) is 44.1 Å². The van der Waals surface area contributed by atoms with Gasteiger partial charge in [0.2, 0.25) is 0 Å². The minimum atomic E-state index is -0.189. The second-order valence-electron chi connectivity index (χ2n) is 5.74. The molecule has 7 heteroatoms. The van der Waals surface area contributed by atoms with Crippen molar-refractivity contribution in [2.75, 3.05) is 26.9 Å². The largest absolute Gasteiger partial charge is 0.465 e. The summed E-state index contributed by atoms with van der Waals surface area (Å²) in [6, 6.07) is 3.30. The van der Waals surface area contributed by atoms with E-state index in [1.165, 1.54) is 0 Å². The van der Waals surface area contributed by atoms with E-state index in [1.54, 1.807) is 24.1 Å². The van der Waals surface area contributed by atoms with Crippen LogP contribution in [-0.2, 0) is 17.8 Å². The van der Waals surface area contributed by atoms with Crippen LogP contribution in [0.1, 0.15) is 41.4 Å². The van der Waals surface area contributed by atoms with Gasteiger partial charge < -0.3 is 18.8 Å². The fourth-order valence-corrected chi connectivity index (χ4v) is 2.73. The number of aryl methyl sites for hydroxylation is 2. The first kappa shape index (κ1) is 19.1. The van der Waals surface area contributed by atoms with E-state index in [1.807, 2.05) is 25.5 Å². The second kappa shape index (κ2) is 8.71. The molecule has 1 amide bonds. The molecule has 0 saturated heterocycles. The first-order valence-corrected chi connectivity index (χ1v) is 8.55. The van der Waals surface area contributed by atoms with Crippen molar-refractivity contribution in [3.8, 4) is 5.95 Å². The van der Waals surface area contributed by atoms with E-state index < -0.39 is 0 Å². The lowest BCUT2D eigenvalue weighted by atomic mass is 10.1. The number of methoxy groups -OCH3 is 1. The van der Waals surface area contributed by atoms with Crippen molar-refractivity contribution in [3.05, 3.63) is 34.8 Å². The zero-order chi connectivity index (χ0) is 18.4. The molecule has 0 unspecified atom stereocenters. The molecule has 0 saturated carbocycles. The average molecular weight is 349 g/mol. The van der Waals surface area contributed by atoms with Crippen molar-refractivity contribution in [2.24, 2.45) is 0 Å². The van der Waals surface area contributed by atoms with Crippen molar-refractivity contribution in [2.45, 2.75) is 40.8 Å². The number of carbonyl (C=O) groups excluding carboxylic acids is 1. The van der Waals surface area contributed by atoms with Gasteiger partial charge in [-0.15, -0.1) is 0 Å². The summed E-state index contributed by atoms with van der Waals surface area (Å²) < 4.78 is 17.9. The Labute approximate surface area is 148 Å². The molecule has 0 aromatic carbocycles. The fraction of sp³-hybridized carbons (Fsp3) is 0.556. The molecule has 0 N–H and O–H groups in total. The van der Waals surface area contributed by atoms with Crippen LogP contribution in [0.3, 0.4) is 0 Å². The Balaban J connectivity index is 2.23. The maximum absolute atomic E-state index is 12.9. The summed E-state index contributed by atoms with van der Waals surface area (Å²) in [5, 5.41) is 4.53. The molecule has 138 valence electrons. The van der Waals surface area contributed by atoms with Gasteiger partial charge in [0.1, 0.15) is 0 Å². The van der Waals surface area contributed by atoms with Gasteiger partial charge in [-0.2, -0.15) is 5.10 Å². The Kier molecular flexibility index (Phi) is 6.64. The molecule has 2 aromatic heterocycles. The number of furan rings is 1. The third-order valence-electron chi connectivity index (χ3n) is 4.11. The molecule has 2 heterocycles. The summed E-state index contributed by atoms with van der Waals surface area (Å²) in [6.45, 7) is 10.6. The van der Waals surface area contributed by atoms with E-state index in [4.69, 9.17) is 13.9 Å². The number of nitrogens with zero attached hydrogens (tertiary/aromatic N) is 3. The van der Waals surface area contributed by atoms with Crippen LogP contribution in [0.25, 0.3) is 0 Å². The van der Waals surface area contributed by atoms with Crippen molar-refractivity contribution in [3.63, 3.8) is 0 Å². The molecule has 2 rings (SSSR count). The van der Waals surface area contributed by atoms with Crippen molar-refractivity contribution < 1.29 is 18.7 Å². The van der Waals surface area contributed by atoms with E-state index in [-0.39, 0.29) is 11.7 Å². The standard InChI is InChI=1S/C18H27N3O4/c1-6-21-14(4)15(13(3)19-21)12-20(10-11-23-5)18(22)16-8-9-17(25-16)24-7-2/h8-9H,6-7,10-12H2,1-5H3. The van der Waals surface area contributed by atoms with Crippen LogP contribution in [0.4, 0.5) is 0 Å². The molecule has 0 aliphatic carbocycles. The van der Waals surface area contributed by atoms with Crippen LogP contribution in [0, 0.1) is 13.8 Å². The van der Waals surface area contributed by atoms with Crippen molar-refractivity contribution in [1.82, 2.24) is 14.7 Å². The minimum absolute atomic E-state index is 0.189. The molecule has 0 bridgehead atoms. The lowest BCUT2D eigenvalue weighted by molar-refractivity contribution is 0.0641. The highest BCUT2D eigenvalue weighted by Gasteiger charge is 2.22. The molecule has 0 spiro atoms. The Morgan fingerprint density at radius 3 is 2.68 bits per heavy atom. The first-order valence-electron chi connectivity index (χ1n) is 8.55. The molecule has 0 aliphatic rings. The van der Waals surface area contributed by atoms with E-state index in [0.29, 0.717) is 32.2 Å². The lowest BCUT2D eigenvalue weighted by Crippen LogP contribution is -2.33. The fourth-order valence-electron chi connectivity index (χ4n) is 2.73. The van der Waals surface area contributed by atoms with Crippen LogP contribution in [0.2, 0.25) is 0 Å². The maximum atomic E-state index is 12.9. The van der Waals surface area contributed by atoms with Crippen molar-refractivity contribution in [1.29, 1.82) is 0 Å². The third-order valence-corrected chi connectivity index (χ3v) is 4.11. The van der Waals surface area contributed by atoms with Gasteiger partial charge in [-0.3, -0.25) is 9.48 Å². The van der Waals surface area contributed by atoms with Gasteiger partial charge in [0.25, 0.3) is 11.9 Å². The van der Waals surface area contributed by atoms with E-state index >= 15 is 0 Å². The number of hydrogen-bond acceptors (Lipinski definition) is 5. The predicted molar refractivity (Wildman–Crippen MR) is 93.9 cm³/mol. The number of ether oxygens (including phenoxy) is 2. The first-order chi connectivity index (χ1) is 12.0. The van der Waals surface area contributed by atoms with Crippen molar-refractivity contribution >= 4 is 5.91 Å². The number of hydrogen-bond donors (Lipinski definition) is 0. The molecular weight excluding hydrogens is 322 g/mol. The zero-order valence-corrected chi connectivity index (χ0v) is 15.7. The highest BCUT2D eigenvalue weighted by atomic mass is 16.6. The van der Waals surface area contributed by atoms with E-state index in [2.05, 4.69) is 12.0 Å². The number of aromatic nitrogens is 2. The zero-order valence-electron chi connectivity index (χ0n) is 15.7. The summed E-state index contributed by atoms with van der Waals surface area (Å²) in [6.07, 6.45) is 0. The van der Waals surface area contributed by atoms with Crippen LogP contribution in [-0.4, -0.2) is 47.5 Å². The summed E-state index contributed by atoms with van der Waals surface area (Å²) in [4.78, 5) is 14.6. The maximum Gasteiger partial charge on any atom is 0.290 e. The van der Waals surface area contributed by atoms with Gasteiger partial charge in [-0.05, 0) is 33.8 Å². The smallest absolute Gasteiger partial charge is 0.290 e. The molecule has 0 fully saturated rings. The molecular formula is C18H27N3O4. The van der Waals surface area contributed by atoms with E-state index in [0.717, 1.165) is 23.5 Å². The third kappa shape index (κ3) is 4.42. The lowest BCUT2D eigenvalue weighted by Gasteiger charge is -2.21. The van der Waals surface area contributed by atoms with Crippen LogP contribution >= 0.6 is 0 Å². The predicted octanol–water partition coefficient (Wildman–Crippen LogP) is 2.80. The summed E-state index contributed by atoms with van der Waals surface area (Å²) >= 11 is 0. The Morgan fingerprint density at radius 1 is 1.32 bits per heavy atom. The summed E-state index contributed by atoms with van der Waals surface area (Å²) in [5.41, 5.74) is 3.07. The SMILES string of the molecule is CCOc1ccc(C(=O)N(CCOC)Cc2c(C)nn(CC)c2C)o1. The Hall–Kier alpha value is -2.28. The Bertz CT molecular complexity index is 705. The molecule has 0 aliphatic heterocycles. The van der Waals surface area contributed by atoms with Gasteiger partial charge in [-0.1, -0.05) is 0 Å². The highest BCUT2D eigenvalue weighted by Crippen LogP contribution is 2.20. The monoisotopic (exact) mass is 349 g/mol. The molecule has 2 aromatic rings. The number of rotatable bonds is 9. The van der Waals surface area contributed by atoms with Gasteiger partial charge in [-0.25, -0.2) is 0 Å². The molecule has 0 atom stereocenters. The molecule has 7 nitrogen and oxygen atoms in total. The van der Waals surface area contributed by atoms with Crippen LogP contribution in [0.5, 0.6) is 5.95 Å². The number of amides is 1. The molecule has 0 radical (unpaired) electrons. The van der Waals surface area contributed by atoms with Crippen LogP contribution in [0.15, 0.2) is 16.5 Å². The summed E-state index contributed by atoms with van der Waals surface area (Å²) in [5.74, 6) is 0.424. The van der Waals surface area contributed by atoms with Crippen LogP contribution < -0.4 is 4.74 Å². The quantitative estimate of drug-likeness (QED) is 0.696. The minimum Gasteiger partial charge on any atom is -0.465 e. The van der Waals surface area contributed by atoms with Gasteiger partial charge >= 0.3 is 0 Å². The van der Waals surface area contributed by atoms with Gasteiger partial charge in [0.05, 0.1) is 18.9 Å². The summed E-state index contributed by atoms with van der Waals surface area (Å²) in [7, 11) is 1.62. The highest BCUT2D eigenvalue weighted by molar-refractivity contribution is 5.91. The number of carbonyl (C=O) groups is 1. The average Bonchev–Trinajstić information content (AvgIpc) is 3.17. The van der Waals surface area contributed by atoms with Gasteiger partial charge in [0.15, 0.2) is 5.76 Å². The normalized spacial score (nSPS) is 10.9. The topological polar surface area (TPSA) is 69.7 Å². The van der Waals surface area contributed by atoms with E-state index in [9.17, 15) is 4.79 Å². The Morgan fingerprint density at radius 2 is 2.08 bits per heavy atom.